The molecule has 5 aliphatic heterocycles. The lowest BCUT2D eigenvalue weighted by atomic mass is 9.84. The quantitative estimate of drug-likeness (QED) is 0.0809. The molecule has 59 heavy (non-hydrogen) atoms. The van der Waals surface area contributed by atoms with Gasteiger partial charge in [-0.25, -0.2) is 0 Å². The van der Waals surface area contributed by atoms with E-state index in [0.29, 0.717) is 0 Å². The van der Waals surface area contributed by atoms with Crippen LogP contribution in [-0.2, 0) is 51.5 Å². The minimum atomic E-state index is -5.04. The summed E-state index contributed by atoms with van der Waals surface area (Å²) in [7, 11) is -5.04. The molecule has 29 heteroatoms. The molecule has 18 N–H and O–H groups in total. The van der Waals surface area contributed by atoms with E-state index in [1.807, 2.05) is 0 Å². The largest absolute Gasteiger partial charge is 0.756 e. The second kappa shape index (κ2) is 19.1. The van der Waals surface area contributed by atoms with E-state index in [4.69, 9.17) is 46.9 Å². The van der Waals surface area contributed by atoms with Crippen LogP contribution in [0.25, 0.3) is 0 Å². The zero-order valence-corrected chi connectivity index (χ0v) is 31.5. The van der Waals surface area contributed by atoms with E-state index < -0.39 is 194 Å². The second-order valence-corrected chi connectivity index (χ2v) is 16.3. The van der Waals surface area contributed by atoms with Crippen molar-refractivity contribution in [2.75, 3.05) is 26.4 Å². The molecular formula is C30H52NO27P. The first-order valence-corrected chi connectivity index (χ1v) is 19.9. The molecule has 1 unspecified atom stereocenters. The first-order valence-electron chi connectivity index (χ1n) is 18.5. The Hall–Kier alpha value is -0.850. The zero-order valence-electron chi connectivity index (χ0n) is 30.6. The molecule has 0 aromatic rings. The van der Waals surface area contributed by atoms with Gasteiger partial charge in [0, 0.05) is 0 Å². The zero-order chi connectivity index (χ0) is 43.4. The van der Waals surface area contributed by atoms with Crippen molar-refractivity contribution in [3.8, 4) is 0 Å². The number of quaternary nitrogens is 1. The first kappa shape index (κ1) is 47.6. The van der Waals surface area contributed by atoms with E-state index in [0.717, 1.165) is 0 Å². The van der Waals surface area contributed by atoms with Crippen molar-refractivity contribution < 1.29 is 139 Å². The Bertz CT molecular complexity index is 1420. The normalized spacial score (nSPS) is 55.8. The van der Waals surface area contributed by atoms with Gasteiger partial charge in [0.25, 0.3) is 7.82 Å². The third kappa shape index (κ3) is 9.24. The predicted octanol–water partition coefficient (Wildman–Crippen LogP) is -12.8. The van der Waals surface area contributed by atoms with Crippen molar-refractivity contribution in [3.05, 3.63) is 0 Å². The van der Waals surface area contributed by atoms with Crippen LogP contribution in [0.4, 0.5) is 0 Å². The van der Waals surface area contributed by atoms with Gasteiger partial charge in [0.2, 0.25) is 6.29 Å². The van der Waals surface area contributed by atoms with Crippen molar-refractivity contribution in [2.45, 2.75) is 159 Å². The SMILES string of the molecule is [NH3+][C@H]1[C@@H](O[C@@H]2[C@@H](O)[C@H](O)[C@@H](O)[C@H]3OP(=O)([O-])O[C@H]32)O[C@H](CO)[C@@H](O[C@@H]2O[C@H](CO)[C@@H](O)[C@H](O)[C@@H]2O[C@H]2O[C@H](CO)[C@@H](O)[C@H](O)[C@@H]2O[C@H]2O[C@H](CO)[C@@H](O)[C@H](O)[C@@H]2O)[C@@H]1O. The number of hydrogen-bond acceptors (Lipinski definition) is 27. The molecular weight excluding hydrogens is 837 g/mol. The predicted molar refractivity (Wildman–Crippen MR) is 173 cm³/mol. The molecule has 344 valence electrons. The Balaban J connectivity index is 1.23. The fourth-order valence-corrected chi connectivity index (χ4v) is 8.86. The molecule has 0 aromatic heterocycles. The highest BCUT2D eigenvalue weighted by Crippen LogP contribution is 2.53. The highest BCUT2D eigenvalue weighted by Gasteiger charge is 2.60. The second-order valence-electron chi connectivity index (χ2n) is 15.0. The minimum absolute atomic E-state index is 0.879. The highest BCUT2D eigenvalue weighted by atomic mass is 31.2. The molecule has 6 fully saturated rings. The average molecular weight is 890 g/mol. The molecule has 6 aliphatic rings. The number of rotatable bonds is 12. The third-order valence-corrected chi connectivity index (χ3v) is 12.2. The van der Waals surface area contributed by atoms with E-state index in [1.54, 1.807) is 0 Å². The maximum atomic E-state index is 12.1. The fraction of sp³-hybridized carbons (Fsp3) is 1.00. The number of phosphoric acid groups is 1. The molecule has 0 bridgehead atoms. The van der Waals surface area contributed by atoms with Crippen LogP contribution < -0.4 is 10.6 Å². The number of ether oxygens (including phenoxy) is 8. The summed E-state index contributed by atoms with van der Waals surface area (Å²) in [6.07, 6.45) is -46.8. The molecule has 0 radical (unpaired) electrons. The topological polar surface area (TPSA) is 464 Å². The Morgan fingerprint density at radius 3 is 1.31 bits per heavy atom. The average Bonchev–Trinajstić information content (AvgIpc) is 3.54. The summed E-state index contributed by atoms with van der Waals surface area (Å²) < 4.78 is 67.2. The summed E-state index contributed by atoms with van der Waals surface area (Å²) in [4.78, 5) is 12.1. The van der Waals surface area contributed by atoms with Crippen molar-refractivity contribution in [1.82, 2.24) is 0 Å². The van der Waals surface area contributed by atoms with E-state index in [-0.39, 0.29) is 0 Å². The number of aliphatic hydroxyl groups excluding tert-OH is 15. The number of hydrogen-bond donors (Lipinski definition) is 16. The molecule has 0 spiro atoms. The Kier molecular flexibility index (Phi) is 15.4. The highest BCUT2D eigenvalue weighted by molar-refractivity contribution is 7.46. The first-order chi connectivity index (χ1) is 27.8. The summed E-state index contributed by atoms with van der Waals surface area (Å²) in [5, 5.41) is 157. The van der Waals surface area contributed by atoms with Crippen LogP contribution in [-0.4, -0.2) is 262 Å². The molecule has 0 amide bonds. The smallest absolute Gasteiger partial charge is 0.268 e. The molecule has 5 heterocycles. The van der Waals surface area contributed by atoms with Gasteiger partial charge in [0.05, 0.1) is 26.4 Å². The molecule has 1 saturated carbocycles. The third-order valence-electron chi connectivity index (χ3n) is 11.2. The molecule has 1 aliphatic carbocycles. The summed E-state index contributed by atoms with van der Waals surface area (Å²) in [6.45, 7) is -3.76. The van der Waals surface area contributed by atoms with Crippen molar-refractivity contribution in [1.29, 1.82) is 0 Å². The standard InChI is InChI=1S/C30H52NO27P/c31-9-13(39)21(8(4-35)52-27(9)54-22-18(44)15(41)19(45)23-26(22)58-59(47,48)57-23)53-29-25(17(43)12(38)6(2-33)50-29)56-30-24(16(42)11(37)7(3-34)51-30)55-28-20(46)14(40)10(36)5(1-32)49-28/h5-30,32-46H,1-4,31H2,(H,47,48)/t5-,6-,7-,8-,9-,10-,11-,12-,13-,14+,15+,16+,17+,18+,19-,20+,21-,22-,23-,24+,25+,26+,27-,28-,29+,30-/m1/s1. The van der Waals surface area contributed by atoms with Crippen LogP contribution in [0.15, 0.2) is 0 Å². The van der Waals surface area contributed by atoms with Crippen LogP contribution >= 0.6 is 7.82 Å². The van der Waals surface area contributed by atoms with Gasteiger partial charge in [-0.15, -0.1) is 0 Å². The molecule has 0 aromatic carbocycles. The lowest BCUT2D eigenvalue weighted by Crippen LogP contribution is -2.79. The maximum Gasteiger partial charge on any atom is 0.268 e. The van der Waals surface area contributed by atoms with E-state index >= 15 is 0 Å². The number of fused-ring (bicyclic) bond motifs is 1. The van der Waals surface area contributed by atoms with Crippen molar-refractivity contribution >= 4 is 7.82 Å². The molecule has 6 rings (SSSR count). The lowest BCUT2D eigenvalue weighted by Gasteiger charge is -2.50. The van der Waals surface area contributed by atoms with Crippen molar-refractivity contribution in [2.24, 2.45) is 0 Å². The Morgan fingerprint density at radius 1 is 0.424 bits per heavy atom. The number of phosphoric ester groups is 1. The van der Waals surface area contributed by atoms with Gasteiger partial charge in [-0.05, 0) is 0 Å². The summed E-state index contributed by atoms with van der Waals surface area (Å²) in [5.74, 6) is 0. The van der Waals surface area contributed by atoms with E-state index in [1.165, 1.54) is 0 Å². The number of aliphatic hydroxyl groups is 15. The van der Waals surface area contributed by atoms with Crippen LogP contribution in [0.3, 0.4) is 0 Å². The van der Waals surface area contributed by atoms with Gasteiger partial charge in [0.15, 0.2) is 24.9 Å². The van der Waals surface area contributed by atoms with Crippen molar-refractivity contribution in [3.63, 3.8) is 0 Å². The summed E-state index contributed by atoms with van der Waals surface area (Å²) in [6, 6.07) is -1.48. The van der Waals surface area contributed by atoms with E-state index in [9.17, 15) is 86.1 Å². The summed E-state index contributed by atoms with van der Waals surface area (Å²) >= 11 is 0. The Morgan fingerprint density at radius 2 is 0.797 bits per heavy atom. The fourth-order valence-electron chi connectivity index (χ4n) is 7.73. The minimum Gasteiger partial charge on any atom is -0.756 e. The van der Waals surface area contributed by atoms with Gasteiger partial charge in [-0.2, -0.15) is 0 Å². The van der Waals surface area contributed by atoms with Crippen LogP contribution in [0.5, 0.6) is 0 Å². The van der Waals surface area contributed by atoms with Gasteiger partial charge in [-0.1, -0.05) is 0 Å². The summed E-state index contributed by atoms with van der Waals surface area (Å²) in [5.41, 5.74) is 3.77. The van der Waals surface area contributed by atoms with Gasteiger partial charge < -0.3 is 134 Å². The van der Waals surface area contributed by atoms with Crippen LogP contribution in [0.2, 0.25) is 0 Å². The molecule has 28 nitrogen and oxygen atoms in total. The molecule has 27 atom stereocenters. The monoisotopic (exact) mass is 889 g/mol. The lowest BCUT2D eigenvalue weighted by molar-refractivity contribution is -0.511. The van der Waals surface area contributed by atoms with Gasteiger partial charge >= 0.3 is 0 Å². The maximum absolute atomic E-state index is 12.1. The van der Waals surface area contributed by atoms with E-state index in [2.05, 4.69) is 5.73 Å². The van der Waals surface area contributed by atoms with Gasteiger partial charge in [0.1, 0.15) is 128 Å². The van der Waals surface area contributed by atoms with Crippen LogP contribution in [0.1, 0.15) is 0 Å². The van der Waals surface area contributed by atoms with Gasteiger partial charge in [-0.3, -0.25) is 4.57 Å². The van der Waals surface area contributed by atoms with Crippen LogP contribution in [0, 0.1) is 0 Å². The molecule has 5 saturated heterocycles. The Labute approximate surface area is 332 Å².